The number of carbonyl (C=O) groups excluding carboxylic acids is 1. The average molecular weight is 241 g/mol. The van der Waals surface area contributed by atoms with Gasteiger partial charge in [0.1, 0.15) is 0 Å². The largest absolute Gasteiger partial charge is 0.355 e. The van der Waals surface area contributed by atoms with Crippen LogP contribution in [0.1, 0.15) is 33.1 Å². The van der Waals surface area contributed by atoms with Crippen molar-refractivity contribution in [2.24, 2.45) is 17.6 Å². The Kier molecular flexibility index (Phi) is 6.52. The summed E-state index contributed by atoms with van der Waals surface area (Å²) in [4.78, 5) is 13.9. The van der Waals surface area contributed by atoms with E-state index in [0.717, 1.165) is 39.0 Å². The second-order valence-electron chi connectivity index (χ2n) is 5.50. The topological polar surface area (TPSA) is 58.4 Å². The highest BCUT2D eigenvalue weighted by molar-refractivity contribution is 5.78. The van der Waals surface area contributed by atoms with Gasteiger partial charge in [0.15, 0.2) is 0 Å². The van der Waals surface area contributed by atoms with E-state index < -0.39 is 0 Å². The van der Waals surface area contributed by atoms with E-state index in [1.807, 2.05) is 0 Å². The van der Waals surface area contributed by atoms with E-state index in [4.69, 9.17) is 5.73 Å². The van der Waals surface area contributed by atoms with Gasteiger partial charge >= 0.3 is 0 Å². The normalized spacial score (nSPS) is 21.1. The van der Waals surface area contributed by atoms with Crippen LogP contribution in [0.5, 0.6) is 0 Å². The fourth-order valence-electron chi connectivity index (χ4n) is 2.29. The first-order chi connectivity index (χ1) is 8.11. The molecule has 1 saturated heterocycles. The molecule has 17 heavy (non-hydrogen) atoms. The van der Waals surface area contributed by atoms with Crippen molar-refractivity contribution in [1.82, 2.24) is 10.2 Å². The van der Waals surface area contributed by atoms with Gasteiger partial charge < -0.3 is 11.1 Å². The molecule has 0 saturated carbocycles. The van der Waals surface area contributed by atoms with Gasteiger partial charge in [0.05, 0.1) is 6.54 Å². The van der Waals surface area contributed by atoms with Crippen LogP contribution in [0, 0.1) is 11.8 Å². The summed E-state index contributed by atoms with van der Waals surface area (Å²) in [5, 5.41) is 2.98. The number of rotatable bonds is 7. The van der Waals surface area contributed by atoms with E-state index >= 15 is 0 Å². The average Bonchev–Trinajstić information content (AvgIpc) is 2.65. The molecule has 3 N–H and O–H groups in total. The molecule has 1 fully saturated rings. The summed E-state index contributed by atoms with van der Waals surface area (Å²) in [7, 11) is 0. The first-order valence-corrected chi connectivity index (χ1v) is 6.81. The van der Waals surface area contributed by atoms with Crippen LogP contribution < -0.4 is 11.1 Å². The van der Waals surface area contributed by atoms with Crippen molar-refractivity contribution in [3.63, 3.8) is 0 Å². The number of amides is 1. The lowest BCUT2D eigenvalue weighted by Crippen LogP contribution is -2.36. The zero-order valence-electron chi connectivity index (χ0n) is 11.2. The highest BCUT2D eigenvalue weighted by atomic mass is 16.2. The van der Waals surface area contributed by atoms with E-state index in [1.54, 1.807) is 0 Å². The van der Waals surface area contributed by atoms with Crippen LogP contribution in [0.3, 0.4) is 0 Å². The van der Waals surface area contributed by atoms with Gasteiger partial charge in [-0.25, -0.2) is 0 Å². The molecule has 0 aromatic carbocycles. The van der Waals surface area contributed by atoms with E-state index in [-0.39, 0.29) is 5.91 Å². The Morgan fingerprint density at radius 1 is 1.53 bits per heavy atom. The third-order valence-electron chi connectivity index (χ3n) is 3.36. The summed E-state index contributed by atoms with van der Waals surface area (Å²) in [5.41, 5.74) is 5.55. The van der Waals surface area contributed by atoms with E-state index in [2.05, 4.69) is 24.1 Å². The van der Waals surface area contributed by atoms with Crippen molar-refractivity contribution >= 4 is 5.91 Å². The SMILES string of the molecule is CC(C)CCNC(=O)CN1CCC(CCN)C1. The molecule has 1 aliphatic rings. The molecule has 100 valence electrons. The smallest absolute Gasteiger partial charge is 0.234 e. The number of hydrogen-bond donors (Lipinski definition) is 2. The van der Waals surface area contributed by atoms with Gasteiger partial charge in [-0.1, -0.05) is 13.8 Å². The van der Waals surface area contributed by atoms with Crippen LogP contribution >= 0.6 is 0 Å². The van der Waals surface area contributed by atoms with Crippen LogP contribution in [-0.4, -0.2) is 43.5 Å². The minimum Gasteiger partial charge on any atom is -0.355 e. The Hall–Kier alpha value is -0.610. The van der Waals surface area contributed by atoms with E-state index in [0.29, 0.717) is 18.4 Å². The molecule has 0 radical (unpaired) electrons. The van der Waals surface area contributed by atoms with Gasteiger partial charge in [0, 0.05) is 13.1 Å². The Morgan fingerprint density at radius 2 is 2.29 bits per heavy atom. The summed E-state index contributed by atoms with van der Waals surface area (Å²) >= 11 is 0. The molecule has 1 heterocycles. The van der Waals surface area contributed by atoms with Crippen LogP contribution in [0.25, 0.3) is 0 Å². The second-order valence-corrected chi connectivity index (χ2v) is 5.50. The second kappa shape index (κ2) is 7.67. The summed E-state index contributed by atoms with van der Waals surface area (Å²) in [6.45, 7) is 8.54. The van der Waals surface area contributed by atoms with E-state index in [9.17, 15) is 4.79 Å². The van der Waals surface area contributed by atoms with Gasteiger partial charge in [0.25, 0.3) is 0 Å². The molecule has 0 aromatic heterocycles. The van der Waals surface area contributed by atoms with Gasteiger partial charge in [0.2, 0.25) is 5.91 Å². The molecule has 1 atom stereocenters. The molecule has 1 unspecified atom stereocenters. The summed E-state index contributed by atoms with van der Waals surface area (Å²) in [6, 6.07) is 0. The zero-order valence-corrected chi connectivity index (χ0v) is 11.2. The third kappa shape index (κ3) is 6.03. The molecule has 0 aromatic rings. The predicted molar refractivity (Wildman–Crippen MR) is 70.7 cm³/mol. The van der Waals surface area contributed by atoms with Crippen LogP contribution in [0.2, 0.25) is 0 Å². The molecule has 0 aliphatic carbocycles. The maximum Gasteiger partial charge on any atom is 0.234 e. The van der Waals surface area contributed by atoms with Crippen molar-refractivity contribution in [2.75, 3.05) is 32.7 Å². The Bertz CT molecular complexity index is 231. The summed E-state index contributed by atoms with van der Waals surface area (Å²) < 4.78 is 0. The highest BCUT2D eigenvalue weighted by Gasteiger charge is 2.22. The number of likely N-dealkylation sites (tertiary alicyclic amines) is 1. The molecular weight excluding hydrogens is 214 g/mol. The van der Waals surface area contributed by atoms with Crippen molar-refractivity contribution in [1.29, 1.82) is 0 Å². The van der Waals surface area contributed by atoms with E-state index in [1.165, 1.54) is 6.42 Å². The van der Waals surface area contributed by atoms with Gasteiger partial charge in [-0.3, -0.25) is 9.69 Å². The fourth-order valence-corrected chi connectivity index (χ4v) is 2.29. The standard InChI is InChI=1S/C13H27N3O/c1-11(2)4-7-15-13(17)10-16-8-5-12(9-16)3-6-14/h11-12H,3-10,14H2,1-2H3,(H,15,17). The first kappa shape index (κ1) is 14.5. The first-order valence-electron chi connectivity index (χ1n) is 6.81. The zero-order chi connectivity index (χ0) is 12.7. The molecule has 1 amide bonds. The molecule has 0 spiro atoms. The van der Waals surface area contributed by atoms with Gasteiger partial charge in [-0.05, 0) is 44.2 Å². The molecule has 4 heteroatoms. The monoisotopic (exact) mass is 241 g/mol. The lowest BCUT2D eigenvalue weighted by molar-refractivity contribution is -0.122. The molecule has 1 rings (SSSR count). The molecular formula is C13H27N3O. The summed E-state index contributed by atoms with van der Waals surface area (Å²) in [6.07, 6.45) is 3.34. The van der Waals surface area contributed by atoms with Crippen LogP contribution in [0.4, 0.5) is 0 Å². The maximum absolute atomic E-state index is 11.7. The minimum atomic E-state index is 0.166. The lowest BCUT2D eigenvalue weighted by Gasteiger charge is -2.15. The number of carbonyl (C=O) groups is 1. The third-order valence-corrected chi connectivity index (χ3v) is 3.36. The molecule has 1 aliphatic heterocycles. The van der Waals surface area contributed by atoms with Gasteiger partial charge in [-0.2, -0.15) is 0 Å². The number of nitrogens with two attached hydrogens (primary N) is 1. The fraction of sp³-hybridized carbons (Fsp3) is 0.923. The maximum atomic E-state index is 11.7. The minimum absolute atomic E-state index is 0.166. The number of nitrogens with one attached hydrogen (secondary N) is 1. The van der Waals surface area contributed by atoms with Crippen molar-refractivity contribution in [3.8, 4) is 0 Å². The van der Waals surface area contributed by atoms with Crippen LogP contribution in [-0.2, 0) is 4.79 Å². The number of hydrogen-bond acceptors (Lipinski definition) is 3. The molecule has 4 nitrogen and oxygen atoms in total. The van der Waals surface area contributed by atoms with Gasteiger partial charge in [-0.15, -0.1) is 0 Å². The lowest BCUT2D eigenvalue weighted by atomic mass is 10.1. The van der Waals surface area contributed by atoms with Crippen molar-refractivity contribution < 1.29 is 4.79 Å². The number of nitrogens with zero attached hydrogens (tertiary/aromatic N) is 1. The Balaban J connectivity index is 2.11. The highest BCUT2D eigenvalue weighted by Crippen LogP contribution is 2.18. The van der Waals surface area contributed by atoms with Crippen molar-refractivity contribution in [2.45, 2.75) is 33.1 Å². The molecule has 0 bridgehead atoms. The predicted octanol–water partition coefficient (Wildman–Crippen LogP) is 0.819. The van der Waals surface area contributed by atoms with Crippen molar-refractivity contribution in [3.05, 3.63) is 0 Å². The quantitative estimate of drug-likeness (QED) is 0.694. The Morgan fingerprint density at radius 3 is 2.94 bits per heavy atom. The van der Waals surface area contributed by atoms with Crippen LogP contribution in [0.15, 0.2) is 0 Å². The Labute approximate surface area is 105 Å². The summed E-state index contributed by atoms with van der Waals surface area (Å²) in [5.74, 6) is 1.51.